The summed E-state index contributed by atoms with van der Waals surface area (Å²) in [5.41, 5.74) is -0.131. The number of hydrogen-bond acceptors (Lipinski definition) is 3. The lowest BCUT2D eigenvalue weighted by Gasteiger charge is -2.17. The molecule has 1 aliphatic rings. The standard InChI is InChI=1S/C16H13BrF2N2O2/c17-10-1-4-15(20-8-10)23-12-5-6-21(9-12)16(22)13-3-2-11(18)7-14(13)19/h1-4,7-8,12H,5-6,9H2. The lowest BCUT2D eigenvalue weighted by atomic mass is 10.2. The highest BCUT2D eigenvalue weighted by Gasteiger charge is 2.29. The molecule has 0 aliphatic carbocycles. The van der Waals surface area contributed by atoms with E-state index in [0.717, 1.165) is 16.6 Å². The zero-order valence-electron chi connectivity index (χ0n) is 12.0. The summed E-state index contributed by atoms with van der Waals surface area (Å²) >= 11 is 3.29. The van der Waals surface area contributed by atoms with Crippen LogP contribution in [0.15, 0.2) is 41.0 Å². The lowest BCUT2D eigenvalue weighted by Crippen LogP contribution is -2.31. The molecule has 1 fully saturated rings. The molecule has 0 spiro atoms. The average Bonchev–Trinajstić information content (AvgIpc) is 2.97. The number of aromatic nitrogens is 1. The van der Waals surface area contributed by atoms with Gasteiger partial charge in [0.1, 0.15) is 17.7 Å². The van der Waals surface area contributed by atoms with Crippen LogP contribution in [0.3, 0.4) is 0 Å². The largest absolute Gasteiger partial charge is 0.472 e. The highest BCUT2D eigenvalue weighted by atomic mass is 79.9. The molecule has 0 radical (unpaired) electrons. The van der Waals surface area contributed by atoms with Gasteiger partial charge >= 0.3 is 0 Å². The summed E-state index contributed by atoms with van der Waals surface area (Å²) in [6.45, 7) is 0.796. The zero-order chi connectivity index (χ0) is 16.4. The fourth-order valence-electron chi connectivity index (χ4n) is 2.44. The van der Waals surface area contributed by atoms with E-state index in [1.807, 2.05) is 6.07 Å². The van der Waals surface area contributed by atoms with E-state index >= 15 is 0 Å². The van der Waals surface area contributed by atoms with E-state index in [4.69, 9.17) is 4.74 Å². The van der Waals surface area contributed by atoms with Crippen LogP contribution in [0.1, 0.15) is 16.8 Å². The Hall–Kier alpha value is -2.02. The maximum Gasteiger partial charge on any atom is 0.256 e. The van der Waals surface area contributed by atoms with Crippen LogP contribution in [0.5, 0.6) is 5.88 Å². The average molecular weight is 383 g/mol. The summed E-state index contributed by atoms with van der Waals surface area (Å²) in [5, 5.41) is 0. The van der Waals surface area contributed by atoms with E-state index in [1.54, 1.807) is 12.3 Å². The van der Waals surface area contributed by atoms with Crippen molar-refractivity contribution in [3.05, 3.63) is 58.2 Å². The van der Waals surface area contributed by atoms with E-state index < -0.39 is 17.5 Å². The number of carbonyl (C=O) groups is 1. The lowest BCUT2D eigenvalue weighted by molar-refractivity contribution is 0.0766. The van der Waals surface area contributed by atoms with Crippen LogP contribution >= 0.6 is 15.9 Å². The molecule has 7 heteroatoms. The molecule has 120 valence electrons. The molecule has 1 atom stereocenters. The minimum atomic E-state index is -0.853. The Labute approximate surface area is 140 Å². The first kappa shape index (κ1) is 15.9. The van der Waals surface area contributed by atoms with Gasteiger partial charge < -0.3 is 9.64 Å². The highest BCUT2D eigenvalue weighted by Crippen LogP contribution is 2.21. The number of hydrogen-bond donors (Lipinski definition) is 0. The van der Waals surface area contributed by atoms with Gasteiger partial charge in [0.2, 0.25) is 5.88 Å². The number of ether oxygens (including phenoxy) is 1. The second-order valence-electron chi connectivity index (χ2n) is 5.22. The van der Waals surface area contributed by atoms with Crippen LogP contribution in [-0.4, -0.2) is 35.0 Å². The maximum absolute atomic E-state index is 13.7. The van der Waals surface area contributed by atoms with Crippen molar-refractivity contribution >= 4 is 21.8 Å². The van der Waals surface area contributed by atoms with Crippen molar-refractivity contribution in [2.24, 2.45) is 0 Å². The van der Waals surface area contributed by atoms with Crippen LogP contribution in [0.2, 0.25) is 0 Å². The molecule has 1 aromatic carbocycles. The summed E-state index contributed by atoms with van der Waals surface area (Å²) in [6.07, 6.45) is 2.06. The molecule has 1 aromatic heterocycles. The van der Waals surface area contributed by atoms with Gasteiger partial charge in [-0.3, -0.25) is 4.79 Å². The Morgan fingerprint density at radius 1 is 1.30 bits per heavy atom. The first-order chi connectivity index (χ1) is 11.0. The summed E-state index contributed by atoms with van der Waals surface area (Å²) in [5.74, 6) is -1.55. The van der Waals surface area contributed by atoms with E-state index in [1.165, 1.54) is 4.90 Å². The first-order valence-electron chi connectivity index (χ1n) is 7.05. The van der Waals surface area contributed by atoms with Gasteiger partial charge in [0.15, 0.2) is 0 Å². The van der Waals surface area contributed by atoms with Crippen molar-refractivity contribution in [2.75, 3.05) is 13.1 Å². The fraction of sp³-hybridized carbons (Fsp3) is 0.250. The van der Waals surface area contributed by atoms with Crippen LogP contribution < -0.4 is 4.74 Å². The van der Waals surface area contributed by atoms with Crippen molar-refractivity contribution in [3.63, 3.8) is 0 Å². The van der Waals surface area contributed by atoms with Crippen molar-refractivity contribution in [3.8, 4) is 5.88 Å². The molecule has 0 bridgehead atoms. The highest BCUT2D eigenvalue weighted by molar-refractivity contribution is 9.10. The number of amides is 1. The van der Waals surface area contributed by atoms with Gasteiger partial charge in [-0.05, 0) is 34.1 Å². The molecule has 4 nitrogen and oxygen atoms in total. The van der Waals surface area contributed by atoms with Gasteiger partial charge in [-0.1, -0.05) is 0 Å². The molecule has 23 heavy (non-hydrogen) atoms. The van der Waals surface area contributed by atoms with E-state index in [9.17, 15) is 13.6 Å². The SMILES string of the molecule is O=C(c1ccc(F)cc1F)N1CCC(Oc2ccc(Br)cn2)C1. The Morgan fingerprint density at radius 2 is 2.13 bits per heavy atom. The maximum atomic E-state index is 13.7. The van der Waals surface area contributed by atoms with Crippen molar-refractivity contribution < 1.29 is 18.3 Å². The summed E-state index contributed by atoms with van der Waals surface area (Å²) in [4.78, 5) is 17.9. The van der Waals surface area contributed by atoms with Crippen LogP contribution in [0.25, 0.3) is 0 Å². The molecule has 1 saturated heterocycles. The third-order valence-corrected chi connectivity index (χ3v) is 4.05. The van der Waals surface area contributed by atoms with Gasteiger partial charge in [-0.2, -0.15) is 0 Å². The van der Waals surface area contributed by atoms with Crippen LogP contribution in [0.4, 0.5) is 8.78 Å². The van der Waals surface area contributed by atoms with Crippen molar-refractivity contribution in [2.45, 2.75) is 12.5 Å². The first-order valence-corrected chi connectivity index (χ1v) is 7.85. The number of likely N-dealkylation sites (tertiary alicyclic amines) is 1. The van der Waals surface area contributed by atoms with Crippen LogP contribution in [0, 0.1) is 11.6 Å². The normalized spacial score (nSPS) is 17.3. The third kappa shape index (κ3) is 3.67. The number of carbonyl (C=O) groups excluding carboxylic acids is 1. The molecule has 2 heterocycles. The molecule has 2 aromatic rings. The molecule has 1 amide bonds. The van der Waals surface area contributed by atoms with Gasteiger partial charge in [-0.25, -0.2) is 13.8 Å². The zero-order valence-corrected chi connectivity index (χ0v) is 13.6. The summed E-state index contributed by atoms with van der Waals surface area (Å²) < 4.78 is 33.2. The summed E-state index contributed by atoms with van der Waals surface area (Å²) in [6, 6.07) is 6.49. The fourth-order valence-corrected chi connectivity index (χ4v) is 2.68. The monoisotopic (exact) mass is 382 g/mol. The van der Waals surface area contributed by atoms with Gasteiger partial charge in [-0.15, -0.1) is 0 Å². The molecule has 0 saturated carbocycles. The molecule has 3 rings (SSSR count). The minimum Gasteiger partial charge on any atom is -0.472 e. The van der Waals surface area contributed by atoms with Crippen LogP contribution in [-0.2, 0) is 0 Å². The van der Waals surface area contributed by atoms with Crippen molar-refractivity contribution in [1.29, 1.82) is 0 Å². The second kappa shape index (κ2) is 6.62. The summed E-state index contributed by atoms with van der Waals surface area (Å²) in [7, 11) is 0. The number of halogens is 3. The quantitative estimate of drug-likeness (QED) is 0.816. The van der Waals surface area contributed by atoms with E-state index in [-0.39, 0.29) is 11.7 Å². The third-order valence-electron chi connectivity index (χ3n) is 3.58. The van der Waals surface area contributed by atoms with Gasteiger partial charge in [0.05, 0.1) is 12.1 Å². The number of pyridine rings is 1. The predicted octanol–water partition coefficient (Wildman–Crippen LogP) is 3.42. The molecular weight excluding hydrogens is 370 g/mol. The number of rotatable bonds is 3. The topological polar surface area (TPSA) is 42.4 Å². The Bertz CT molecular complexity index is 725. The molecule has 0 N–H and O–H groups in total. The van der Waals surface area contributed by atoms with E-state index in [0.29, 0.717) is 31.5 Å². The number of benzene rings is 1. The molecule has 1 unspecified atom stereocenters. The van der Waals surface area contributed by atoms with Crippen molar-refractivity contribution in [1.82, 2.24) is 9.88 Å². The Morgan fingerprint density at radius 3 is 2.83 bits per heavy atom. The van der Waals surface area contributed by atoms with E-state index in [2.05, 4.69) is 20.9 Å². The Balaban J connectivity index is 1.65. The minimum absolute atomic E-state index is 0.131. The molecular formula is C16H13BrF2N2O2. The van der Waals surface area contributed by atoms with Gasteiger partial charge in [0, 0.05) is 35.8 Å². The second-order valence-corrected chi connectivity index (χ2v) is 6.13. The predicted molar refractivity (Wildman–Crippen MR) is 83.2 cm³/mol. The van der Waals surface area contributed by atoms with Gasteiger partial charge in [0.25, 0.3) is 5.91 Å². The smallest absolute Gasteiger partial charge is 0.256 e. The Kier molecular flexibility index (Phi) is 4.56. The molecule has 1 aliphatic heterocycles. The number of nitrogens with zero attached hydrogens (tertiary/aromatic N) is 2.